The Morgan fingerprint density at radius 2 is 0.816 bits per heavy atom. The van der Waals surface area contributed by atoms with Crippen LogP contribution in [-0.2, 0) is 4.79 Å². The van der Waals surface area contributed by atoms with Gasteiger partial charge in [0.15, 0.2) is 0 Å². The van der Waals surface area contributed by atoms with Crippen molar-refractivity contribution in [2.24, 2.45) is 0 Å². The molecule has 0 saturated heterocycles. The normalized spacial score (nSPS) is 11.0. The van der Waals surface area contributed by atoms with Crippen LogP contribution < -0.4 is 10.6 Å². The van der Waals surface area contributed by atoms with E-state index >= 15 is 0 Å². The maximum Gasteiger partial charge on any atom is 0.317 e. The van der Waals surface area contributed by atoms with Gasteiger partial charge < -0.3 is 15.5 Å². The van der Waals surface area contributed by atoms with Crippen molar-refractivity contribution in [2.45, 2.75) is 175 Å². The van der Waals surface area contributed by atoms with E-state index in [-0.39, 0.29) is 11.9 Å². The van der Waals surface area contributed by atoms with Crippen molar-refractivity contribution < 1.29 is 9.59 Å². The third-order valence-electron chi connectivity index (χ3n) is 7.59. The van der Waals surface area contributed by atoms with E-state index in [2.05, 4.69) is 31.4 Å². The number of unbranched alkanes of at least 4 members (excludes halogenated alkanes) is 20. The molecule has 38 heavy (non-hydrogen) atoms. The summed E-state index contributed by atoms with van der Waals surface area (Å²) in [4.78, 5) is 27.0. The Bertz CT molecular complexity index is 512. The van der Waals surface area contributed by atoms with E-state index in [0.29, 0.717) is 13.0 Å². The van der Waals surface area contributed by atoms with Gasteiger partial charge in [-0.25, -0.2) is 4.79 Å². The molecule has 0 fully saturated rings. The van der Waals surface area contributed by atoms with Gasteiger partial charge in [-0.1, -0.05) is 149 Å². The summed E-state index contributed by atoms with van der Waals surface area (Å²) in [6.07, 6.45) is 29.7. The summed E-state index contributed by atoms with van der Waals surface area (Å²) in [6, 6.07) is -0.000443. The summed E-state index contributed by atoms with van der Waals surface area (Å²) >= 11 is 0. The molecule has 0 rings (SSSR count). The first-order valence-corrected chi connectivity index (χ1v) is 16.9. The van der Waals surface area contributed by atoms with Gasteiger partial charge in [-0.2, -0.15) is 0 Å². The molecular weight excluding hydrogens is 470 g/mol. The number of carbonyl (C=O) groups excluding carboxylic acids is 2. The van der Waals surface area contributed by atoms with Crippen molar-refractivity contribution >= 4 is 11.9 Å². The highest BCUT2D eigenvalue weighted by molar-refractivity contribution is 5.78. The maximum atomic E-state index is 12.8. The SMILES string of the molecule is CCCCCCCCCCCCNC(=O)CCN(CCCCC)C(=O)NCCCCCCCCCCCC. The van der Waals surface area contributed by atoms with Crippen LogP contribution in [0, 0.1) is 0 Å². The molecule has 0 aromatic heterocycles. The van der Waals surface area contributed by atoms with Crippen molar-refractivity contribution in [2.75, 3.05) is 26.2 Å². The molecule has 0 bridgehead atoms. The smallest absolute Gasteiger partial charge is 0.317 e. The van der Waals surface area contributed by atoms with Crippen LogP contribution in [0.15, 0.2) is 0 Å². The van der Waals surface area contributed by atoms with Gasteiger partial charge in [-0.15, -0.1) is 0 Å². The molecule has 5 nitrogen and oxygen atoms in total. The summed E-state index contributed by atoms with van der Waals surface area (Å²) in [5.41, 5.74) is 0. The molecule has 0 aliphatic rings. The van der Waals surface area contributed by atoms with Crippen LogP contribution in [-0.4, -0.2) is 43.0 Å². The molecule has 0 unspecified atom stereocenters. The highest BCUT2D eigenvalue weighted by atomic mass is 16.2. The quantitative estimate of drug-likeness (QED) is 0.0933. The Kier molecular flexibility index (Phi) is 29.3. The Morgan fingerprint density at radius 3 is 1.26 bits per heavy atom. The second-order valence-electron chi connectivity index (χ2n) is 11.4. The fraction of sp³-hybridized carbons (Fsp3) is 0.939. The van der Waals surface area contributed by atoms with Crippen LogP contribution in [0.2, 0.25) is 0 Å². The lowest BCUT2D eigenvalue weighted by molar-refractivity contribution is -0.121. The molecule has 0 aliphatic carbocycles. The van der Waals surface area contributed by atoms with Crippen molar-refractivity contribution in [3.05, 3.63) is 0 Å². The number of nitrogens with zero attached hydrogens (tertiary/aromatic N) is 1. The zero-order valence-corrected chi connectivity index (χ0v) is 26.1. The number of urea groups is 1. The van der Waals surface area contributed by atoms with Gasteiger partial charge in [-0.3, -0.25) is 4.79 Å². The van der Waals surface area contributed by atoms with E-state index in [4.69, 9.17) is 0 Å². The third kappa shape index (κ3) is 26.4. The van der Waals surface area contributed by atoms with Gasteiger partial charge >= 0.3 is 6.03 Å². The van der Waals surface area contributed by atoms with Gasteiger partial charge in [0, 0.05) is 32.6 Å². The molecule has 0 heterocycles. The average molecular weight is 538 g/mol. The molecule has 0 radical (unpaired) electrons. The standard InChI is InChI=1S/C33H67N3O2/c1-4-7-10-12-14-16-18-20-22-24-28-34-32(37)27-31-36(30-26-9-6-3)33(38)35-29-25-23-21-19-17-15-13-11-8-5-2/h4-31H2,1-3H3,(H,34,37)(H,35,38). The maximum absolute atomic E-state index is 12.8. The first kappa shape index (κ1) is 36.7. The molecule has 2 N–H and O–H groups in total. The van der Waals surface area contributed by atoms with Gasteiger partial charge in [0.25, 0.3) is 0 Å². The van der Waals surface area contributed by atoms with E-state index in [0.717, 1.165) is 51.7 Å². The molecule has 0 spiro atoms. The van der Waals surface area contributed by atoms with Crippen molar-refractivity contribution in [1.82, 2.24) is 15.5 Å². The lowest BCUT2D eigenvalue weighted by Gasteiger charge is -2.23. The first-order valence-electron chi connectivity index (χ1n) is 16.9. The van der Waals surface area contributed by atoms with E-state index < -0.39 is 0 Å². The Labute approximate surface area is 238 Å². The zero-order chi connectivity index (χ0) is 27.9. The number of hydrogen-bond donors (Lipinski definition) is 2. The highest BCUT2D eigenvalue weighted by Gasteiger charge is 2.14. The minimum Gasteiger partial charge on any atom is -0.356 e. The topological polar surface area (TPSA) is 61.4 Å². The Morgan fingerprint density at radius 1 is 0.447 bits per heavy atom. The van der Waals surface area contributed by atoms with Crippen molar-refractivity contribution in [3.63, 3.8) is 0 Å². The minimum absolute atomic E-state index is 0.000443. The molecule has 0 saturated carbocycles. The number of nitrogens with one attached hydrogen (secondary N) is 2. The second-order valence-corrected chi connectivity index (χ2v) is 11.4. The number of rotatable bonds is 29. The summed E-state index contributed by atoms with van der Waals surface area (Å²) in [5.74, 6) is 0.0731. The van der Waals surface area contributed by atoms with Crippen LogP contribution in [0.1, 0.15) is 175 Å². The highest BCUT2D eigenvalue weighted by Crippen LogP contribution is 2.11. The largest absolute Gasteiger partial charge is 0.356 e. The predicted octanol–water partition coefficient (Wildman–Crippen LogP) is 9.54. The van der Waals surface area contributed by atoms with Crippen LogP contribution in [0.25, 0.3) is 0 Å². The monoisotopic (exact) mass is 538 g/mol. The summed E-state index contributed by atoms with van der Waals surface area (Å²) in [6.45, 7) is 9.46. The summed E-state index contributed by atoms with van der Waals surface area (Å²) in [5, 5.41) is 6.17. The second kappa shape index (κ2) is 30.3. The summed E-state index contributed by atoms with van der Waals surface area (Å²) < 4.78 is 0. The lowest BCUT2D eigenvalue weighted by Crippen LogP contribution is -2.42. The lowest BCUT2D eigenvalue weighted by atomic mass is 10.1. The number of carbonyl (C=O) groups is 2. The minimum atomic E-state index is -0.000443. The van der Waals surface area contributed by atoms with Crippen LogP contribution in [0.4, 0.5) is 4.79 Å². The zero-order valence-electron chi connectivity index (χ0n) is 26.1. The average Bonchev–Trinajstić information content (AvgIpc) is 2.92. The third-order valence-corrected chi connectivity index (χ3v) is 7.59. The van der Waals surface area contributed by atoms with Crippen LogP contribution >= 0.6 is 0 Å². The van der Waals surface area contributed by atoms with Crippen molar-refractivity contribution in [1.29, 1.82) is 0 Å². The van der Waals surface area contributed by atoms with E-state index in [1.54, 1.807) is 0 Å². The number of hydrogen-bond acceptors (Lipinski definition) is 2. The fourth-order valence-corrected chi connectivity index (χ4v) is 4.95. The molecule has 0 aromatic carbocycles. The van der Waals surface area contributed by atoms with E-state index in [1.807, 2.05) is 4.90 Å². The fourth-order valence-electron chi connectivity index (χ4n) is 4.95. The van der Waals surface area contributed by atoms with Gasteiger partial charge in [0.2, 0.25) is 5.91 Å². The van der Waals surface area contributed by atoms with Crippen molar-refractivity contribution in [3.8, 4) is 0 Å². The van der Waals surface area contributed by atoms with Gasteiger partial charge in [-0.05, 0) is 19.3 Å². The number of amides is 3. The predicted molar refractivity (Wildman–Crippen MR) is 166 cm³/mol. The van der Waals surface area contributed by atoms with Gasteiger partial charge in [0.1, 0.15) is 0 Å². The Balaban J connectivity index is 3.89. The molecule has 0 aromatic rings. The molecule has 0 atom stereocenters. The molecule has 226 valence electrons. The first-order chi connectivity index (χ1) is 18.7. The Hall–Kier alpha value is -1.26. The molecule has 5 heteroatoms. The summed E-state index contributed by atoms with van der Waals surface area (Å²) in [7, 11) is 0. The van der Waals surface area contributed by atoms with Crippen LogP contribution in [0.3, 0.4) is 0 Å². The van der Waals surface area contributed by atoms with E-state index in [9.17, 15) is 9.59 Å². The van der Waals surface area contributed by atoms with Gasteiger partial charge in [0.05, 0.1) is 0 Å². The van der Waals surface area contributed by atoms with E-state index in [1.165, 1.54) is 116 Å². The molecule has 0 aliphatic heterocycles. The molecule has 3 amide bonds. The molecular formula is C33H67N3O2. The van der Waals surface area contributed by atoms with Crippen LogP contribution in [0.5, 0.6) is 0 Å².